The molecule has 0 bridgehead atoms. The highest BCUT2D eigenvalue weighted by atomic mass is 19.3. The normalized spacial score (nSPS) is 19.5. The number of hydrogen-bond donors (Lipinski definition) is 0. The molecule has 3 nitrogen and oxygen atoms in total. The van der Waals surface area contributed by atoms with Crippen molar-refractivity contribution in [2.75, 3.05) is 26.4 Å². The molecule has 0 atom stereocenters. The minimum Gasteiger partial charge on any atom is -0.380 e. The second-order valence-corrected chi connectivity index (χ2v) is 4.30. The van der Waals surface area contributed by atoms with Gasteiger partial charge in [0.05, 0.1) is 31.8 Å². The van der Waals surface area contributed by atoms with E-state index in [0.717, 1.165) is 0 Å². The van der Waals surface area contributed by atoms with Gasteiger partial charge in [0.2, 0.25) is 0 Å². The van der Waals surface area contributed by atoms with Gasteiger partial charge < -0.3 is 14.2 Å². The van der Waals surface area contributed by atoms with Crippen molar-refractivity contribution in [2.45, 2.75) is 25.1 Å². The largest absolute Gasteiger partial charge is 0.416 e. The minimum atomic E-state index is -4.77. The predicted molar refractivity (Wildman–Crippen MR) is 47.1 cm³/mol. The van der Waals surface area contributed by atoms with Crippen LogP contribution in [0.25, 0.3) is 0 Å². The SMILES string of the molecule is FC(F)C(F)(F)OCC1(COC(F)(F)C(F)F)COC1. The lowest BCUT2D eigenvalue weighted by molar-refractivity contribution is -0.346. The number of halogens is 8. The summed E-state index contributed by atoms with van der Waals surface area (Å²) in [5.74, 6) is 0. The van der Waals surface area contributed by atoms with Crippen LogP contribution < -0.4 is 0 Å². The molecule has 1 aliphatic heterocycles. The molecule has 1 rings (SSSR count). The van der Waals surface area contributed by atoms with Crippen molar-refractivity contribution in [1.29, 1.82) is 0 Å². The molecule has 0 aromatic heterocycles. The summed E-state index contributed by atoms with van der Waals surface area (Å²) < 4.78 is 109. The molecule has 20 heavy (non-hydrogen) atoms. The summed E-state index contributed by atoms with van der Waals surface area (Å²) in [6, 6.07) is 0. The Morgan fingerprint density at radius 1 is 0.850 bits per heavy atom. The first-order valence-electron chi connectivity index (χ1n) is 5.18. The third-order valence-corrected chi connectivity index (χ3v) is 2.47. The van der Waals surface area contributed by atoms with Gasteiger partial charge in [0.15, 0.2) is 0 Å². The molecule has 0 unspecified atom stereocenters. The average molecular weight is 318 g/mol. The predicted octanol–water partition coefficient (Wildman–Crippen LogP) is 2.75. The molecular weight excluding hydrogens is 308 g/mol. The van der Waals surface area contributed by atoms with E-state index in [1.807, 2.05) is 0 Å². The van der Waals surface area contributed by atoms with Crippen molar-refractivity contribution < 1.29 is 49.3 Å². The van der Waals surface area contributed by atoms with Crippen molar-refractivity contribution in [3.8, 4) is 0 Å². The molecule has 0 saturated carbocycles. The van der Waals surface area contributed by atoms with E-state index in [-0.39, 0.29) is 0 Å². The smallest absolute Gasteiger partial charge is 0.380 e. The summed E-state index contributed by atoms with van der Waals surface area (Å²) in [5.41, 5.74) is -1.59. The molecule has 0 aliphatic carbocycles. The molecule has 0 spiro atoms. The molecule has 0 N–H and O–H groups in total. The Morgan fingerprint density at radius 2 is 1.20 bits per heavy atom. The van der Waals surface area contributed by atoms with Gasteiger partial charge in [-0.3, -0.25) is 0 Å². The Labute approximate surface area is 107 Å². The van der Waals surface area contributed by atoms with Crippen LogP contribution in [0.15, 0.2) is 0 Å². The molecule has 0 aromatic rings. The van der Waals surface area contributed by atoms with E-state index in [1.165, 1.54) is 0 Å². The standard InChI is InChI=1S/C9H10F8O3/c10-5(11)8(14,15)19-3-7(1-18-2-7)4-20-9(16,17)6(12)13/h5-6H,1-4H2. The molecule has 1 aliphatic rings. The first-order chi connectivity index (χ1) is 9.01. The Bertz CT molecular complexity index is 292. The van der Waals surface area contributed by atoms with Crippen LogP contribution in [-0.4, -0.2) is 51.5 Å². The lowest BCUT2D eigenvalue weighted by atomic mass is 9.88. The molecular formula is C9H10F8O3. The summed E-state index contributed by atoms with van der Waals surface area (Å²) in [6.07, 6.45) is -17.8. The number of hydrogen-bond acceptors (Lipinski definition) is 3. The third kappa shape index (κ3) is 4.16. The molecule has 1 heterocycles. The minimum absolute atomic E-state index is 0.411. The van der Waals surface area contributed by atoms with Gasteiger partial charge >= 0.3 is 25.1 Å². The first-order valence-corrected chi connectivity index (χ1v) is 5.18. The van der Waals surface area contributed by atoms with E-state index in [1.54, 1.807) is 0 Å². The third-order valence-electron chi connectivity index (χ3n) is 2.47. The van der Waals surface area contributed by atoms with Gasteiger partial charge in [0.25, 0.3) is 0 Å². The van der Waals surface area contributed by atoms with Crippen LogP contribution in [-0.2, 0) is 14.2 Å². The van der Waals surface area contributed by atoms with Crippen molar-refractivity contribution in [3.63, 3.8) is 0 Å². The van der Waals surface area contributed by atoms with Crippen LogP contribution in [0.1, 0.15) is 0 Å². The zero-order chi connectivity index (χ0) is 15.6. The molecule has 11 heteroatoms. The first kappa shape index (κ1) is 17.4. The summed E-state index contributed by atoms with van der Waals surface area (Å²) in [4.78, 5) is 0. The van der Waals surface area contributed by atoms with Gasteiger partial charge in [-0.2, -0.15) is 17.6 Å². The Morgan fingerprint density at radius 3 is 1.40 bits per heavy atom. The van der Waals surface area contributed by atoms with E-state index in [4.69, 9.17) is 0 Å². The highest BCUT2D eigenvalue weighted by molar-refractivity contribution is 4.86. The van der Waals surface area contributed by atoms with E-state index in [9.17, 15) is 35.1 Å². The van der Waals surface area contributed by atoms with Crippen LogP contribution in [0, 0.1) is 5.41 Å². The molecule has 0 aromatic carbocycles. The maximum absolute atomic E-state index is 12.5. The fourth-order valence-corrected chi connectivity index (χ4v) is 1.22. The molecule has 120 valence electrons. The number of alkyl halides is 8. The zero-order valence-electron chi connectivity index (χ0n) is 9.73. The summed E-state index contributed by atoms with van der Waals surface area (Å²) in [6.45, 7) is -3.01. The quantitative estimate of drug-likeness (QED) is 0.644. The molecule has 0 radical (unpaired) electrons. The van der Waals surface area contributed by atoms with E-state index in [0.29, 0.717) is 0 Å². The maximum Gasteiger partial charge on any atom is 0.416 e. The van der Waals surface area contributed by atoms with Crippen LogP contribution >= 0.6 is 0 Å². The Hall–Kier alpha value is -0.680. The number of ether oxygens (including phenoxy) is 3. The lowest BCUT2D eigenvalue weighted by Gasteiger charge is -2.41. The highest BCUT2D eigenvalue weighted by Crippen LogP contribution is 2.35. The fraction of sp³-hybridized carbons (Fsp3) is 1.00. The van der Waals surface area contributed by atoms with Gasteiger partial charge in [-0.05, 0) is 0 Å². The second-order valence-electron chi connectivity index (χ2n) is 4.30. The Balaban J connectivity index is 2.52. The molecule has 0 amide bonds. The van der Waals surface area contributed by atoms with Crippen LogP contribution in [0.5, 0.6) is 0 Å². The van der Waals surface area contributed by atoms with Gasteiger partial charge in [-0.15, -0.1) is 0 Å². The van der Waals surface area contributed by atoms with Gasteiger partial charge in [0.1, 0.15) is 0 Å². The van der Waals surface area contributed by atoms with Gasteiger partial charge in [-0.25, -0.2) is 17.6 Å². The zero-order valence-corrected chi connectivity index (χ0v) is 9.73. The van der Waals surface area contributed by atoms with E-state index >= 15 is 0 Å². The Kier molecular flexibility index (Phi) is 5.19. The maximum atomic E-state index is 12.5. The second kappa shape index (κ2) is 5.98. The van der Waals surface area contributed by atoms with E-state index < -0.39 is 56.9 Å². The van der Waals surface area contributed by atoms with Crippen molar-refractivity contribution in [3.05, 3.63) is 0 Å². The van der Waals surface area contributed by atoms with Crippen LogP contribution in [0.4, 0.5) is 35.1 Å². The monoisotopic (exact) mass is 318 g/mol. The lowest BCUT2D eigenvalue weighted by Crippen LogP contribution is -2.53. The number of rotatable bonds is 8. The van der Waals surface area contributed by atoms with Crippen molar-refractivity contribution >= 4 is 0 Å². The van der Waals surface area contributed by atoms with Crippen molar-refractivity contribution in [1.82, 2.24) is 0 Å². The summed E-state index contributed by atoms with van der Waals surface area (Å²) in [7, 11) is 0. The topological polar surface area (TPSA) is 27.7 Å². The van der Waals surface area contributed by atoms with Gasteiger partial charge in [0, 0.05) is 0 Å². The van der Waals surface area contributed by atoms with E-state index in [2.05, 4.69) is 14.2 Å². The highest BCUT2D eigenvalue weighted by Gasteiger charge is 2.50. The molecule has 1 saturated heterocycles. The summed E-state index contributed by atoms with van der Waals surface area (Å²) >= 11 is 0. The fourth-order valence-electron chi connectivity index (χ4n) is 1.22. The van der Waals surface area contributed by atoms with Crippen molar-refractivity contribution in [2.24, 2.45) is 5.41 Å². The average Bonchev–Trinajstić information content (AvgIpc) is 2.26. The molecule has 1 fully saturated rings. The van der Waals surface area contributed by atoms with Crippen LogP contribution in [0.2, 0.25) is 0 Å². The van der Waals surface area contributed by atoms with Gasteiger partial charge in [-0.1, -0.05) is 0 Å². The van der Waals surface area contributed by atoms with Crippen LogP contribution in [0.3, 0.4) is 0 Å². The summed E-state index contributed by atoms with van der Waals surface area (Å²) in [5, 5.41) is 0.